The zero-order chi connectivity index (χ0) is 15.5. The first-order valence-electron chi connectivity index (χ1n) is 9.18. The van der Waals surface area contributed by atoms with Crippen molar-refractivity contribution in [2.45, 2.75) is 86.2 Å². The second-order valence-electron chi connectivity index (χ2n) is 5.92. The minimum Gasteiger partial charge on any atom is -0.301 e. The maximum atomic E-state index is 2.77. The van der Waals surface area contributed by atoms with Crippen LogP contribution in [-0.4, -0.2) is 48.1 Å². The molecule has 2 heterocycles. The Morgan fingerprint density at radius 1 is 0.900 bits per heavy atom. The van der Waals surface area contributed by atoms with E-state index in [1.165, 1.54) is 51.9 Å². The zero-order valence-electron chi connectivity index (χ0n) is 15.3. The summed E-state index contributed by atoms with van der Waals surface area (Å²) < 4.78 is 0. The summed E-state index contributed by atoms with van der Waals surface area (Å²) in [4.78, 5) is 5.40. The smallest absolute Gasteiger partial charge is 0.0120 e. The van der Waals surface area contributed by atoms with E-state index in [2.05, 4.69) is 30.6 Å². The molecule has 2 fully saturated rings. The monoisotopic (exact) mass is 284 g/mol. The van der Waals surface area contributed by atoms with E-state index in [-0.39, 0.29) is 0 Å². The molecule has 0 aliphatic carbocycles. The molecule has 0 aromatic heterocycles. The molecule has 0 saturated carbocycles. The molecule has 2 aliphatic heterocycles. The highest BCUT2D eigenvalue weighted by Crippen LogP contribution is 2.26. The van der Waals surface area contributed by atoms with E-state index in [1.54, 1.807) is 0 Å². The maximum Gasteiger partial charge on any atom is 0.0120 e. The van der Waals surface area contributed by atoms with Gasteiger partial charge in [0.1, 0.15) is 0 Å². The number of rotatable bonds is 3. The Balaban J connectivity index is 0.000000829. The lowest BCUT2D eigenvalue weighted by Gasteiger charge is -2.38. The SMILES string of the molecule is CC.CC.CCC1CCN(C2CCN(C(C)C)CC2)C1. The van der Waals surface area contributed by atoms with E-state index in [0.717, 1.165) is 18.0 Å². The van der Waals surface area contributed by atoms with Crippen molar-refractivity contribution in [3.05, 3.63) is 0 Å². The molecular weight excluding hydrogens is 244 g/mol. The summed E-state index contributed by atoms with van der Waals surface area (Å²) in [5.41, 5.74) is 0. The summed E-state index contributed by atoms with van der Waals surface area (Å²) in [7, 11) is 0. The summed E-state index contributed by atoms with van der Waals surface area (Å²) >= 11 is 0. The Bertz CT molecular complexity index is 207. The molecule has 0 N–H and O–H groups in total. The van der Waals surface area contributed by atoms with Crippen LogP contribution in [0.2, 0.25) is 0 Å². The molecule has 20 heavy (non-hydrogen) atoms. The van der Waals surface area contributed by atoms with Crippen LogP contribution in [0.4, 0.5) is 0 Å². The van der Waals surface area contributed by atoms with E-state index in [9.17, 15) is 0 Å². The Hall–Kier alpha value is -0.0800. The third kappa shape index (κ3) is 6.13. The first-order valence-corrected chi connectivity index (χ1v) is 9.18. The van der Waals surface area contributed by atoms with Gasteiger partial charge in [0, 0.05) is 18.6 Å². The lowest BCUT2D eigenvalue weighted by molar-refractivity contribution is 0.105. The maximum absolute atomic E-state index is 2.77. The molecule has 122 valence electrons. The number of hydrogen-bond acceptors (Lipinski definition) is 2. The first-order chi connectivity index (χ1) is 9.70. The summed E-state index contributed by atoms with van der Waals surface area (Å²) in [6, 6.07) is 1.63. The lowest BCUT2D eigenvalue weighted by Crippen LogP contribution is -2.46. The molecule has 2 saturated heterocycles. The molecule has 0 spiro atoms. The normalized spacial score (nSPS) is 24.9. The molecule has 1 atom stereocenters. The van der Waals surface area contributed by atoms with Crippen molar-refractivity contribution < 1.29 is 0 Å². The zero-order valence-corrected chi connectivity index (χ0v) is 15.3. The van der Waals surface area contributed by atoms with Crippen molar-refractivity contribution in [3.8, 4) is 0 Å². The second-order valence-corrected chi connectivity index (χ2v) is 5.92. The molecule has 0 radical (unpaired) electrons. The lowest BCUT2D eigenvalue weighted by atomic mass is 10.0. The van der Waals surface area contributed by atoms with E-state index in [1.807, 2.05) is 27.7 Å². The fourth-order valence-corrected chi connectivity index (χ4v) is 3.29. The summed E-state index contributed by atoms with van der Waals surface area (Å²) in [5.74, 6) is 0.989. The van der Waals surface area contributed by atoms with E-state index >= 15 is 0 Å². The van der Waals surface area contributed by atoms with Crippen molar-refractivity contribution in [3.63, 3.8) is 0 Å². The van der Waals surface area contributed by atoms with Gasteiger partial charge in [-0.25, -0.2) is 0 Å². The average Bonchev–Trinajstić information content (AvgIpc) is 3.00. The summed E-state index contributed by atoms with van der Waals surface area (Å²) in [6.07, 6.45) is 5.62. The van der Waals surface area contributed by atoms with Gasteiger partial charge in [-0.2, -0.15) is 0 Å². The molecule has 2 heteroatoms. The van der Waals surface area contributed by atoms with Gasteiger partial charge < -0.3 is 9.80 Å². The number of nitrogens with zero attached hydrogens (tertiary/aromatic N) is 2. The Labute approximate surface area is 128 Å². The van der Waals surface area contributed by atoms with Crippen LogP contribution in [-0.2, 0) is 0 Å². The Morgan fingerprint density at radius 2 is 1.45 bits per heavy atom. The summed E-state index contributed by atoms with van der Waals surface area (Å²) in [6.45, 7) is 20.4. The van der Waals surface area contributed by atoms with Gasteiger partial charge in [0.25, 0.3) is 0 Å². The van der Waals surface area contributed by atoms with Crippen molar-refractivity contribution in [1.82, 2.24) is 9.80 Å². The highest BCUT2D eigenvalue weighted by molar-refractivity contribution is 4.85. The van der Waals surface area contributed by atoms with Crippen LogP contribution in [0.15, 0.2) is 0 Å². The Morgan fingerprint density at radius 3 is 1.85 bits per heavy atom. The van der Waals surface area contributed by atoms with Gasteiger partial charge in [0.15, 0.2) is 0 Å². The van der Waals surface area contributed by atoms with E-state index in [4.69, 9.17) is 0 Å². The van der Waals surface area contributed by atoms with Crippen LogP contribution in [0.3, 0.4) is 0 Å². The molecule has 0 aromatic carbocycles. The standard InChI is InChI=1S/C14H28N2.2C2H6/c1-4-13-5-8-16(11-13)14-6-9-15(10-7-14)12(2)3;2*1-2/h12-14H,4-11H2,1-3H3;2*1-2H3. The van der Waals surface area contributed by atoms with Crippen LogP contribution in [0.25, 0.3) is 0 Å². The van der Waals surface area contributed by atoms with Crippen molar-refractivity contribution >= 4 is 0 Å². The van der Waals surface area contributed by atoms with Gasteiger partial charge in [-0.05, 0) is 58.7 Å². The molecule has 0 amide bonds. The number of hydrogen-bond donors (Lipinski definition) is 0. The Kier molecular flexibility index (Phi) is 11.5. The van der Waals surface area contributed by atoms with E-state index in [0.29, 0.717) is 0 Å². The van der Waals surface area contributed by atoms with Gasteiger partial charge in [0.2, 0.25) is 0 Å². The number of likely N-dealkylation sites (tertiary alicyclic amines) is 2. The van der Waals surface area contributed by atoms with Gasteiger partial charge in [-0.15, -0.1) is 0 Å². The molecule has 0 bridgehead atoms. The third-order valence-corrected chi connectivity index (χ3v) is 4.64. The van der Waals surface area contributed by atoms with Crippen LogP contribution in [0.5, 0.6) is 0 Å². The predicted octanol–water partition coefficient (Wildman–Crippen LogP) is 4.64. The first kappa shape index (κ1) is 19.9. The van der Waals surface area contributed by atoms with Crippen molar-refractivity contribution in [2.24, 2.45) is 5.92 Å². The summed E-state index contributed by atoms with van der Waals surface area (Å²) in [5, 5.41) is 0. The molecule has 0 aromatic rings. The molecule has 2 rings (SSSR count). The van der Waals surface area contributed by atoms with Crippen molar-refractivity contribution in [2.75, 3.05) is 26.2 Å². The van der Waals surface area contributed by atoms with Crippen LogP contribution < -0.4 is 0 Å². The van der Waals surface area contributed by atoms with E-state index < -0.39 is 0 Å². The minimum atomic E-state index is 0.739. The molecule has 1 unspecified atom stereocenters. The van der Waals surface area contributed by atoms with Crippen LogP contribution in [0, 0.1) is 5.92 Å². The minimum absolute atomic E-state index is 0.739. The third-order valence-electron chi connectivity index (χ3n) is 4.64. The molecule has 2 nitrogen and oxygen atoms in total. The highest BCUT2D eigenvalue weighted by Gasteiger charge is 2.30. The van der Waals surface area contributed by atoms with Crippen molar-refractivity contribution in [1.29, 1.82) is 0 Å². The molecular formula is C18H40N2. The van der Waals surface area contributed by atoms with Gasteiger partial charge in [0.05, 0.1) is 0 Å². The van der Waals surface area contributed by atoms with Gasteiger partial charge >= 0.3 is 0 Å². The van der Waals surface area contributed by atoms with Crippen LogP contribution >= 0.6 is 0 Å². The topological polar surface area (TPSA) is 6.48 Å². The fourth-order valence-electron chi connectivity index (χ4n) is 3.29. The number of piperidine rings is 1. The highest BCUT2D eigenvalue weighted by atomic mass is 15.2. The quantitative estimate of drug-likeness (QED) is 0.744. The average molecular weight is 285 g/mol. The molecule has 2 aliphatic rings. The van der Waals surface area contributed by atoms with Gasteiger partial charge in [-0.1, -0.05) is 41.0 Å². The second kappa shape index (κ2) is 11.6. The predicted molar refractivity (Wildman–Crippen MR) is 92.4 cm³/mol. The largest absolute Gasteiger partial charge is 0.301 e. The van der Waals surface area contributed by atoms with Crippen LogP contribution in [0.1, 0.15) is 74.1 Å². The van der Waals surface area contributed by atoms with Gasteiger partial charge in [-0.3, -0.25) is 0 Å². The fraction of sp³-hybridized carbons (Fsp3) is 1.00.